The van der Waals surface area contributed by atoms with Crippen molar-refractivity contribution in [3.8, 4) is 11.3 Å². The van der Waals surface area contributed by atoms with Gasteiger partial charge < -0.3 is 9.15 Å². The minimum Gasteiger partial charge on any atom is -0.466 e. The topological polar surface area (TPSA) is 81.8 Å². The number of aromatic nitrogens is 1. The van der Waals surface area contributed by atoms with Crippen LogP contribution >= 0.6 is 23.8 Å². The van der Waals surface area contributed by atoms with Gasteiger partial charge in [-0.2, -0.15) is 0 Å². The molecule has 1 aliphatic rings. The molecule has 3 aromatic rings. The number of rotatable bonds is 6. The molecule has 0 atom stereocenters. The van der Waals surface area contributed by atoms with Crippen molar-refractivity contribution >= 4 is 51.8 Å². The summed E-state index contributed by atoms with van der Waals surface area (Å²) < 4.78 is 11.9. The van der Waals surface area contributed by atoms with Crippen molar-refractivity contribution in [2.45, 2.75) is 19.8 Å². The van der Waals surface area contributed by atoms with Crippen molar-refractivity contribution in [3.63, 3.8) is 0 Å². The molecule has 0 fully saturated rings. The first-order chi connectivity index (χ1) is 14.4. The highest BCUT2D eigenvalue weighted by Gasteiger charge is 2.34. The Morgan fingerprint density at radius 3 is 2.63 bits per heavy atom. The van der Waals surface area contributed by atoms with Crippen molar-refractivity contribution in [1.82, 2.24) is 9.47 Å². The number of carbonyl (C=O) groups is 2. The smallest absolute Gasteiger partial charge is 0.305 e. The van der Waals surface area contributed by atoms with Crippen molar-refractivity contribution in [2.75, 3.05) is 13.2 Å². The Morgan fingerprint density at radius 2 is 1.93 bits per heavy atom. The van der Waals surface area contributed by atoms with Gasteiger partial charge in [-0.05, 0) is 55.9 Å². The fourth-order valence-electron chi connectivity index (χ4n) is 3.36. The number of fused-ring (bicyclic) bond motifs is 2. The molecule has 9 heteroatoms. The summed E-state index contributed by atoms with van der Waals surface area (Å²) in [6.07, 6.45) is 0.544. The Morgan fingerprint density at radius 1 is 1.20 bits per heavy atom. The summed E-state index contributed by atoms with van der Waals surface area (Å²) in [4.78, 5) is 38.7. The van der Waals surface area contributed by atoms with Crippen LogP contribution in [0.4, 0.5) is 0 Å². The molecular weight excluding hydrogens is 428 g/mol. The fraction of sp³-hybridized carbons (Fsp3) is 0.238. The lowest BCUT2D eigenvalue weighted by molar-refractivity contribution is -0.143. The van der Waals surface area contributed by atoms with E-state index in [9.17, 15) is 14.4 Å². The molecule has 0 unspecified atom stereocenters. The molecule has 4 rings (SSSR count). The Bertz CT molecular complexity index is 1230. The highest BCUT2D eigenvalue weighted by molar-refractivity contribution is 7.80. The highest BCUT2D eigenvalue weighted by atomic mass is 35.5. The molecule has 0 saturated carbocycles. The molecule has 3 heterocycles. The third kappa shape index (κ3) is 3.53. The Hall–Kier alpha value is -2.97. The number of amides is 1. The molecule has 0 aliphatic carbocycles. The number of esters is 1. The number of nitrogens with zero attached hydrogens (tertiary/aromatic N) is 2. The van der Waals surface area contributed by atoms with Gasteiger partial charge in [0.15, 0.2) is 5.11 Å². The number of furan rings is 1. The van der Waals surface area contributed by atoms with Gasteiger partial charge in [0.05, 0.1) is 12.0 Å². The lowest BCUT2D eigenvalue weighted by Gasteiger charge is -2.14. The van der Waals surface area contributed by atoms with Gasteiger partial charge in [0.1, 0.15) is 17.0 Å². The van der Waals surface area contributed by atoms with Crippen LogP contribution in [0.3, 0.4) is 0 Å². The lowest BCUT2D eigenvalue weighted by Crippen LogP contribution is -2.34. The fourth-order valence-corrected chi connectivity index (χ4v) is 3.84. The number of hydrogen-bond donors (Lipinski definition) is 0. The maximum atomic E-state index is 13.0. The van der Waals surface area contributed by atoms with Crippen molar-refractivity contribution in [2.24, 2.45) is 0 Å². The predicted molar refractivity (Wildman–Crippen MR) is 116 cm³/mol. The quantitative estimate of drug-likeness (QED) is 0.424. The maximum Gasteiger partial charge on any atom is 0.305 e. The molecule has 0 spiro atoms. The summed E-state index contributed by atoms with van der Waals surface area (Å²) in [7, 11) is 0. The summed E-state index contributed by atoms with van der Waals surface area (Å²) in [6.45, 7) is 2.25. The van der Waals surface area contributed by atoms with E-state index < -0.39 is 11.5 Å². The van der Waals surface area contributed by atoms with Crippen LogP contribution in [0.25, 0.3) is 22.3 Å². The van der Waals surface area contributed by atoms with Crippen LogP contribution in [-0.4, -0.2) is 39.6 Å². The third-order valence-electron chi connectivity index (χ3n) is 4.79. The Balaban J connectivity index is 1.63. The number of pyridine rings is 1. The lowest BCUT2D eigenvalue weighted by atomic mass is 10.1. The van der Waals surface area contributed by atoms with Crippen LogP contribution in [0.2, 0.25) is 5.02 Å². The minimum absolute atomic E-state index is 0.0972. The average Bonchev–Trinajstić information content (AvgIpc) is 3.24. The second-order valence-electron chi connectivity index (χ2n) is 6.71. The summed E-state index contributed by atoms with van der Waals surface area (Å²) >= 11 is 11.3. The Kier molecular flexibility index (Phi) is 5.44. The summed E-state index contributed by atoms with van der Waals surface area (Å²) in [6, 6.07) is 10.2. The van der Waals surface area contributed by atoms with E-state index in [4.69, 9.17) is 33.0 Å². The molecule has 7 nitrogen and oxygen atoms in total. The number of thiocarbonyl (C=S) groups is 1. The minimum atomic E-state index is -0.419. The maximum absolute atomic E-state index is 13.0. The SMILES string of the molecule is CCOC(=O)CCCN1C(=O)c2cc3oc(-c4ccc(Cl)cc4)cc3c(=O)n2C1=S. The average molecular weight is 445 g/mol. The molecule has 2 aromatic heterocycles. The normalized spacial score (nSPS) is 13.2. The van der Waals surface area contributed by atoms with Crippen LogP contribution in [0.15, 0.2) is 45.6 Å². The van der Waals surface area contributed by atoms with Gasteiger partial charge in [0, 0.05) is 29.6 Å². The van der Waals surface area contributed by atoms with Crippen molar-refractivity contribution in [3.05, 3.63) is 57.5 Å². The molecular formula is C21H17ClN2O5S. The molecule has 0 saturated heterocycles. The van der Waals surface area contributed by atoms with Crippen LogP contribution < -0.4 is 5.56 Å². The predicted octanol–water partition coefficient (Wildman–Crippen LogP) is 3.85. The van der Waals surface area contributed by atoms with E-state index >= 15 is 0 Å². The zero-order chi connectivity index (χ0) is 21.4. The van der Waals surface area contributed by atoms with Crippen LogP contribution in [0.1, 0.15) is 30.3 Å². The van der Waals surface area contributed by atoms with Gasteiger partial charge >= 0.3 is 5.97 Å². The molecule has 30 heavy (non-hydrogen) atoms. The molecule has 1 amide bonds. The molecule has 0 bridgehead atoms. The van der Waals surface area contributed by atoms with E-state index in [0.29, 0.717) is 34.8 Å². The zero-order valence-corrected chi connectivity index (χ0v) is 17.6. The monoisotopic (exact) mass is 444 g/mol. The van der Waals surface area contributed by atoms with E-state index in [1.807, 2.05) is 0 Å². The molecule has 154 valence electrons. The highest BCUT2D eigenvalue weighted by Crippen LogP contribution is 2.29. The summed E-state index contributed by atoms with van der Waals surface area (Å²) in [5.74, 6) is -0.239. The molecule has 0 radical (unpaired) electrons. The van der Waals surface area contributed by atoms with E-state index in [1.54, 1.807) is 37.3 Å². The van der Waals surface area contributed by atoms with Crippen LogP contribution in [0.5, 0.6) is 0 Å². The van der Waals surface area contributed by atoms with E-state index in [2.05, 4.69) is 0 Å². The Labute approximate surface area is 181 Å². The van der Waals surface area contributed by atoms with E-state index in [-0.39, 0.29) is 29.7 Å². The third-order valence-corrected chi connectivity index (χ3v) is 5.44. The van der Waals surface area contributed by atoms with E-state index in [1.165, 1.54) is 15.5 Å². The van der Waals surface area contributed by atoms with Gasteiger partial charge in [-0.15, -0.1) is 0 Å². The number of ether oxygens (including phenoxy) is 1. The number of halogens is 1. The first-order valence-electron chi connectivity index (χ1n) is 9.38. The number of benzene rings is 1. The number of hydrogen-bond acceptors (Lipinski definition) is 6. The van der Waals surface area contributed by atoms with Gasteiger partial charge in [0.2, 0.25) is 0 Å². The standard InChI is InChI=1S/C21H17ClN2O5S/c1-2-28-18(25)4-3-9-23-20(27)15-11-17-14(19(26)24(15)21(23)30)10-16(29-17)12-5-7-13(22)8-6-12/h5-8,10-11H,2-4,9H2,1H3. The van der Waals surface area contributed by atoms with Crippen molar-refractivity contribution in [1.29, 1.82) is 0 Å². The molecule has 1 aromatic carbocycles. The first kappa shape index (κ1) is 20.3. The molecule has 0 N–H and O–H groups in total. The zero-order valence-electron chi connectivity index (χ0n) is 16.0. The van der Waals surface area contributed by atoms with E-state index in [0.717, 1.165) is 5.56 Å². The van der Waals surface area contributed by atoms with Gasteiger partial charge in [-0.3, -0.25) is 19.3 Å². The molecule has 1 aliphatic heterocycles. The van der Waals surface area contributed by atoms with Gasteiger partial charge in [-0.1, -0.05) is 11.6 Å². The summed E-state index contributed by atoms with van der Waals surface area (Å²) in [5, 5.41) is 1.01. The second kappa shape index (κ2) is 8.04. The number of carbonyl (C=O) groups excluding carboxylic acids is 2. The van der Waals surface area contributed by atoms with Gasteiger partial charge in [-0.25, -0.2) is 4.57 Å². The van der Waals surface area contributed by atoms with Crippen LogP contribution in [0, 0.1) is 0 Å². The van der Waals surface area contributed by atoms with Crippen LogP contribution in [-0.2, 0) is 9.53 Å². The second-order valence-corrected chi connectivity index (χ2v) is 7.52. The van der Waals surface area contributed by atoms with Gasteiger partial charge in [0.25, 0.3) is 11.5 Å². The largest absolute Gasteiger partial charge is 0.466 e. The summed E-state index contributed by atoms with van der Waals surface area (Å²) in [5.41, 5.74) is 0.790. The first-order valence-corrected chi connectivity index (χ1v) is 10.2. The van der Waals surface area contributed by atoms with Crippen molar-refractivity contribution < 1.29 is 18.7 Å².